The van der Waals surface area contributed by atoms with E-state index in [0.29, 0.717) is 0 Å². The summed E-state index contributed by atoms with van der Waals surface area (Å²) in [7, 11) is 1.67. The zero-order valence-electron chi connectivity index (χ0n) is 6.92. The van der Waals surface area contributed by atoms with Gasteiger partial charge in [-0.05, 0) is 19.3 Å². The quantitative estimate of drug-likeness (QED) is 0.358. The van der Waals surface area contributed by atoms with Gasteiger partial charge in [-0.15, -0.1) is 0 Å². The number of oxime groups is 1. The number of hydrogen-bond acceptors (Lipinski definition) is 3. The summed E-state index contributed by atoms with van der Waals surface area (Å²) in [6.07, 6.45) is 5.46. The Hall–Kier alpha value is -0.570. The molecule has 1 unspecified atom stereocenters. The van der Waals surface area contributed by atoms with Crippen molar-refractivity contribution in [1.29, 1.82) is 0 Å². The van der Waals surface area contributed by atoms with E-state index in [0.717, 1.165) is 25.0 Å². The molecule has 0 amide bonds. The maximum atomic E-state index is 8.63. The largest absolute Gasteiger partial charge is 0.411 e. The van der Waals surface area contributed by atoms with Gasteiger partial charge in [0.25, 0.3) is 0 Å². The molecule has 0 heterocycles. The molecule has 0 aliphatic heterocycles. The molecule has 0 spiro atoms. The second-order valence-electron chi connectivity index (χ2n) is 2.92. The van der Waals surface area contributed by atoms with E-state index in [2.05, 4.69) is 5.16 Å². The Morgan fingerprint density at radius 3 is 2.91 bits per heavy atom. The molecular weight excluding hydrogens is 142 g/mol. The molecule has 1 atom stereocenters. The summed E-state index contributed by atoms with van der Waals surface area (Å²) in [6, 6.07) is 0. The number of nitrogens with zero attached hydrogens (tertiary/aromatic N) is 1. The van der Waals surface area contributed by atoms with Crippen molar-refractivity contribution in [2.75, 3.05) is 7.11 Å². The van der Waals surface area contributed by atoms with E-state index >= 15 is 0 Å². The minimum atomic E-state index is 0.0579. The van der Waals surface area contributed by atoms with Gasteiger partial charge >= 0.3 is 0 Å². The Morgan fingerprint density at radius 2 is 2.27 bits per heavy atom. The summed E-state index contributed by atoms with van der Waals surface area (Å²) in [4.78, 5) is 0. The second kappa shape index (κ2) is 4.34. The maximum Gasteiger partial charge on any atom is 0.0985 e. The van der Waals surface area contributed by atoms with E-state index in [1.54, 1.807) is 7.11 Å². The second-order valence-corrected chi connectivity index (χ2v) is 2.92. The van der Waals surface area contributed by atoms with Crippen LogP contribution in [-0.4, -0.2) is 24.1 Å². The molecule has 1 N–H and O–H groups in total. The van der Waals surface area contributed by atoms with E-state index in [9.17, 15) is 0 Å². The molecule has 1 rings (SSSR count). The van der Waals surface area contributed by atoms with Crippen molar-refractivity contribution in [2.24, 2.45) is 5.16 Å². The summed E-state index contributed by atoms with van der Waals surface area (Å²) in [6.45, 7) is 0. The normalized spacial score (nSPS) is 30.3. The summed E-state index contributed by atoms with van der Waals surface area (Å²) in [5.74, 6) is 0. The summed E-state index contributed by atoms with van der Waals surface area (Å²) in [5, 5.41) is 11.9. The van der Waals surface area contributed by atoms with Crippen LogP contribution in [0.4, 0.5) is 0 Å². The van der Waals surface area contributed by atoms with E-state index in [1.165, 1.54) is 12.8 Å². The van der Waals surface area contributed by atoms with E-state index < -0.39 is 0 Å². The SMILES string of the molecule is COC1CCCCC/C1=N\O. The minimum Gasteiger partial charge on any atom is -0.411 e. The highest BCUT2D eigenvalue weighted by atomic mass is 16.5. The van der Waals surface area contributed by atoms with E-state index in [1.807, 2.05) is 0 Å². The van der Waals surface area contributed by atoms with Gasteiger partial charge in [0.15, 0.2) is 0 Å². The summed E-state index contributed by atoms with van der Waals surface area (Å²) < 4.78 is 5.18. The molecule has 3 heteroatoms. The van der Waals surface area contributed by atoms with Crippen LogP contribution in [-0.2, 0) is 4.74 Å². The number of rotatable bonds is 1. The number of hydrogen-bond donors (Lipinski definition) is 1. The van der Waals surface area contributed by atoms with Gasteiger partial charge in [-0.1, -0.05) is 18.0 Å². The highest BCUT2D eigenvalue weighted by Gasteiger charge is 2.18. The topological polar surface area (TPSA) is 41.8 Å². The molecule has 0 aromatic heterocycles. The predicted molar refractivity (Wildman–Crippen MR) is 43.1 cm³/mol. The first-order chi connectivity index (χ1) is 5.38. The van der Waals surface area contributed by atoms with Gasteiger partial charge in [0.05, 0.1) is 11.8 Å². The maximum absolute atomic E-state index is 8.63. The summed E-state index contributed by atoms with van der Waals surface area (Å²) in [5.41, 5.74) is 0.810. The fraction of sp³-hybridized carbons (Fsp3) is 0.875. The predicted octanol–water partition coefficient (Wildman–Crippen LogP) is 1.80. The zero-order valence-corrected chi connectivity index (χ0v) is 6.92. The highest BCUT2D eigenvalue weighted by Crippen LogP contribution is 2.17. The molecule has 64 valence electrons. The van der Waals surface area contributed by atoms with Crippen LogP contribution in [0.5, 0.6) is 0 Å². The minimum absolute atomic E-state index is 0.0579. The van der Waals surface area contributed by atoms with Crippen LogP contribution in [0.1, 0.15) is 32.1 Å². The molecule has 0 radical (unpaired) electrons. The van der Waals surface area contributed by atoms with Gasteiger partial charge in [-0.2, -0.15) is 0 Å². The summed E-state index contributed by atoms with van der Waals surface area (Å²) >= 11 is 0. The molecule has 0 aromatic carbocycles. The Labute approximate surface area is 67.0 Å². The molecule has 0 bridgehead atoms. The highest BCUT2D eigenvalue weighted by molar-refractivity contribution is 5.88. The fourth-order valence-corrected chi connectivity index (χ4v) is 1.51. The first kappa shape index (κ1) is 8.53. The third-order valence-electron chi connectivity index (χ3n) is 2.18. The average molecular weight is 157 g/mol. The van der Waals surface area contributed by atoms with Crippen LogP contribution in [0.3, 0.4) is 0 Å². The Balaban J connectivity index is 2.55. The van der Waals surface area contributed by atoms with Gasteiger partial charge in [0.1, 0.15) is 0 Å². The molecular formula is C8H15NO2. The van der Waals surface area contributed by atoms with Crippen molar-refractivity contribution in [2.45, 2.75) is 38.2 Å². The molecule has 1 fully saturated rings. The van der Waals surface area contributed by atoms with E-state index in [4.69, 9.17) is 9.94 Å². The Morgan fingerprint density at radius 1 is 1.45 bits per heavy atom. The monoisotopic (exact) mass is 157 g/mol. The smallest absolute Gasteiger partial charge is 0.0985 e. The lowest BCUT2D eigenvalue weighted by atomic mass is 10.1. The third kappa shape index (κ3) is 2.19. The van der Waals surface area contributed by atoms with Crippen LogP contribution in [0.2, 0.25) is 0 Å². The molecule has 0 saturated heterocycles. The van der Waals surface area contributed by atoms with Crippen LogP contribution < -0.4 is 0 Å². The number of methoxy groups -OCH3 is 1. The van der Waals surface area contributed by atoms with Crippen LogP contribution >= 0.6 is 0 Å². The van der Waals surface area contributed by atoms with Crippen LogP contribution in [0.15, 0.2) is 5.16 Å². The van der Waals surface area contributed by atoms with E-state index in [-0.39, 0.29) is 6.10 Å². The fourth-order valence-electron chi connectivity index (χ4n) is 1.51. The van der Waals surface area contributed by atoms with Gasteiger partial charge in [-0.25, -0.2) is 0 Å². The van der Waals surface area contributed by atoms with Gasteiger partial charge in [-0.3, -0.25) is 0 Å². The Bertz CT molecular complexity index is 145. The van der Waals surface area contributed by atoms with Gasteiger partial charge in [0, 0.05) is 7.11 Å². The Kier molecular flexibility index (Phi) is 3.36. The molecule has 1 aliphatic carbocycles. The molecule has 1 aliphatic rings. The molecule has 11 heavy (non-hydrogen) atoms. The zero-order chi connectivity index (χ0) is 8.10. The third-order valence-corrected chi connectivity index (χ3v) is 2.18. The van der Waals surface area contributed by atoms with Gasteiger partial charge in [0.2, 0.25) is 0 Å². The van der Waals surface area contributed by atoms with Gasteiger partial charge < -0.3 is 9.94 Å². The van der Waals surface area contributed by atoms with Crippen molar-refractivity contribution in [3.05, 3.63) is 0 Å². The van der Waals surface area contributed by atoms with Crippen LogP contribution in [0, 0.1) is 0 Å². The van der Waals surface area contributed by atoms with Crippen molar-refractivity contribution >= 4 is 5.71 Å². The van der Waals surface area contributed by atoms with Crippen molar-refractivity contribution in [3.8, 4) is 0 Å². The molecule has 0 aromatic rings. The van der Waals surface area contributed by atoms with Crippen molar-refractivity contribution < 1.29 is 9.94 Å². The van der Waals surface area contributed by atoms with Crippen molar-refractivity contribution in [3.63, 3.8) is 0 Å². The first-order valence-corrected chi connectivity index (χ1v) is 4.12. The van der Waals surface area contributed by atoms with Crippen LogP contribution in [0.25, 0.3) is 0 Å². The average Bonchev–Trinajstić information content (AvgIpc) is 2.27. The molecule has 1 saturated carbocycles. The number of ether oxygens (including phenoxy) is 1. The first-order valence-electron chi connectivity index (χ1n) is 4.12. The standard InChI is InChI=1S/C8H15NO2/c1-11-8-6-4-2-3-5-7(8)9-10/h8,10H,2-6H2,1H3/b9-7+. The van der Waals surface area contributed by atoms with Crippen molar-refractivity contribution in [1.82, 2.24) is 0 Å². The molecule has 3 nitrogen and oxygen atoms in total. The lowest BCUT2D eigenvalue weighted by Gasteiger charge is -2.12. The lowest BCUT2D eigenvalue weighted by molar-refractivity contribution is 0.143. The lowest BCUT2D eigenvalue weighted by Crippen LogP contribution is -2.21.